The molecule has 1 aliphatic carbocycles. The largest absolute Gasteiger partial charge is 0.345 e. The van der Waals surface area contributed by atoms with Gasteiger partial charge in [0.2, 0.25) is 0 Å². The van der Waals surface area contributed by atoms with Crippen molar-refractivity contribution in [2.24, 2.45) is 0 Å². The fraction of sp³-hybridized carbons (Fsp3) is 0.182. The maximum Gasteiger partial charge on any atom is 0.327 e. The van der Waals surface area contributed by atoms with Crippen LogP contribution in [-0.2, 0) is 16.1 Å². The van der Waals surface area contributed by atoms with Gasteiger partial charge in [-0.05, 0) is 18.4 Å². The van der Waals surface area contributed by atoms with E-state index >= 15 is 0 Å². The molecule has 3 amide bonds. The smallest absolute Gasteiger partial charge is 0.327 e. The van der Waals surface area contributed by atoms with Crippen LogP contribution in [-0.4, -0.2) is 33.5 Å². The highest BCUT2D eigenvalue weighted by molar-refractivity contribution is 6.35. The molecule has 0 unspecified atom stereocenters. The molecule has 3 N–H and O–H groups in total. The average Bonchev–Trinajstić information content (AvgIpc) is 3.49. The molecule has 8 heteroatoms. The molecule has 0 saturated heterocycles. The number of carbonyl (C=O) groups excluding carboxylic acids is 3. The maximum atomic E-state index is 12.8. The summed E-state index contributed by atoms with van der Waals surface area (Å²) < 4.78 is 1.67. The second-order valence-electron chi connectivity index (χ2n) is 7.10. The van der Waals surface area contributed by atoms with Crippen molar-refractivity contribution in [3.05, 3.63) is 78.0 Å². The van der Waals surface area contributed by atoms with Gasteiger partial charge in [-0.15, -0.1) is 0 Å². The van der Waals surface area contributed by atoms with Crippen LogP contribution >= 0.6 is 0 Å². The first-order valence-electron chi connectivity index (χ1n) is 9.68. The van der Waals surface area contributed by atoms with Crippen LogP contribution in [0.3, 0.4) is 0 Å². The molecule has 0 radical (unpaired) electrons. The molecular formula is C22H21N5O3. The zero-order chi connectivity index (χ0) is 20.9. The lowest BCUT2D eigenvalue weighted by atomic mass is 10.1. The second-order valence-corrected chi connectivity index (χ2v) is 7.10. The predicted octanol–water partition coefficient (Wildman–Crippen LogP) is 1.64. The zero-order valence-corrected chi connectivity index (χ0v) is 16.2. The topological polar surface area (TPSA) is 105 Å². The quantitative estimate of drug-likeness (QED) is 0.445. The van der Waals surface area contributed by atoms with Crippen LogP contribution in [0.4, 0.5) is 0 Å². The Morgan fingerprint density at radius 1 is 0.900 bits per heavy atom. The van der Waals surface area contributed by atoms with Crippen LogP contribution in [0.5, 0.6) is 0 Å². The summed E-state index contributed by atoms with van der Waals surface area (Å²) in [5.74, 6) is -2.23. The molecule has 8 nitrogen and oxygen atoms in total. The summed E-state index contributed by atoms with van der Waals surface area (Å²) in [6, 6.07) is 19.1. The molecule has 1 aromatic heterocycles. The maximum absolute atomic E-state index is 12.8. The van der Waals surface area contributed by atoms with Crippen molar-refractivity contribution in [3.63, 3.8) is 0 Å². The van der Waals surface area contributed by atoms with Crippen LogP contribution < -0.4 is 16.2 Å². The number of carbonyl (C=O) groups is 3. The lowest BCUT2D eigenvalue weighted by Crippen LogP contribution is -2.49. The minimum atomic E-state index is -0.909. The molecule has 1 fully saturated rings. The fourth-order valence-corrected chi connectivity index (χ4v) is 2.96. The highest BCUT2D eigenvalue weighted by Crippen LogP contribution is 2.22. The van der Waals surface area contributed by atoms with Gasteiger partial charge >= 0.3 is 11.8 Å². The number of amides is 3. The molecule has 3 aromatic rings. The third kappa shape index (κ3) is 4.72. The number of hydrogen-bond acceptors (Lipinski definition) is 4. The van der Waals surface area contributed by atoms with Crippen LogP contribution in [0.15, 0.2) is 66.9 Å². The van der Waals surface area contributed by atoms with Crippen LogP contribution in [0.1, 0.15) is 28.8 Å². The van der Waals surface area contributed by atoms with Crippen molar-refractivity contribution in [1.82, 2.24) is 25.9 Å². The van der Waals surface area contributed by atoms with Crippen molar-refractivity contribution in [2.45, 2.75) is 25.4 Å². The number of hydrogen-bond donors (Lipinski definition) is 3. The van der Waals surface area contributed by atoms with Gasteiger partial charge in [-0.3, -0.25) is 29.9 Å². The minimum Gasteiger partial charge on any atom is -0.345 e. The molecule has 0 aliphatic heterocycles. The second kappa shape index (κ2) is 8.60. The molecule has 2 aromatic carbocycles. The number of nitrogens with zero attached hydrogens (tertiary/aromatic N) is 2. The van der Waals surface area contributed by atoms with Crippen LogP contribution in [0.2, 0.25) is 0 Å². The van der Waals surface area contributed by atoms with Crippen molar-refractivity contribution in [2.75, 3.05) is 0 Å². The Hall–Kier alpha value is -3.94. The first kappa shape index (κ1) is 19.4. The Labute approximate surface area is 173 Å². The molecule has 1 aliphatic rings. The molecule has 0 bridgehead atoms. The van der Waals surface area contributed by atoms with Crippen molar-refractivity contribution in [3.8, 4) is 11.3 Å². The standard InChI is InChI=1S/C22H21N5O3/c28-20(24-25-22(30)21(29)23-17-11-12-17)18-14-27(13-15-7-3-1-4-8-15)26-19(18)16-9-5-2-6-10-16/h1-10,14,17H,11-13H2,(H,23,29)(H,24,28)(H,25,30). The number of rotatable bonds is 5. The lowest BCUT2D eigenvalue weighted by molar-refractivity contribution is -0.139. The summed E-state index contributed by atoms with van der Waals surface area (Å²) in [7, 11) is 0. The van der Waals surface area contributed by atoms with E-state index in [4.69, 9.17) is 0 Å². The van der Waals surface area contributed by atoms with Gasteiger partial charge in [0.25, 0.3) is 5.91 Å². The SMILES string of the molecule is O=C(NNC(=O)c1cn(Cc2ccccc2)nc1-c1ccccc1)C(=O)NC1CC1. The van der Waals surface area contributed by atoms with E-state index in [1.54, 1.807) is 10.9 Å². The molecular weight excluding hydrogens is 382 g/mol. The highest BCUT2D eigenvalue weighted by Gasteiger charge is 2.27. The first-order chi connectivity index (χ1) is 14.6. The Bertz CT molecular complexity index is 1060. The van der Waals surface area contributed by atoms with E-state index in [-0.39, 0.29) is 6.04 Å². The van der Waals surface area contributed by atoms with Crippen molar-refractivity contribution < 1.29 is 14.4 Å². The van der Waals surface area contributed by atoms with Gasteiger partial charge < -0.3 is 5.32 Å². The Balaban J connectivity index is 1.51. The number of benzene rings is 2. The number of hydrazine groups is 1. The normalized spacial score (nSPS) is 12.8. The van der Waals surface area contributed by atoms with Gasteiger partial charge in [0.1, 0.15) is 5.69 Å². The van der Waals surface area contributed by atoms with Crippen molar-refractivity contribution in [1.29, 1.82) is 0 Å². The van der Waals surface area contributed by atoms with E-state index in [1.165, 1.54) is 0 Å². The van der Waals surface area contributed by atoms with Crippen molar-refractivity contribution >= 4 is 17.7 Å². The molecule has 152 valence electrons. The summed E-state index contributed by atoms with van der Waals surface area (Å²) in [4.78, 5) is 36.4. The molecule has 0 spiro atoms. The summed E-state index contributed by atoms with van der Waals surface area (Å²) in [6.07, 6.45) is 3.36. The van der Waals surface area contributed by atoms with E-state index < -0.39 is 17.7 Å². The molecule has 30 heavy (non-hydrogen) atoms. The summed E-state index contributed by atoms with van der Waals surface area (Å²) in [6.45, 7) is 0.490. The molecule has 1 heterocycles. The third-order valence-corrected chi connectivity index (χ3v) is 4.65. The van der Waals surface area contributed by atoms with Gasteiger partial charge in [0.15, 0.2) is 0 Å². The van der Waals surface area contributed by atoms with E-state index in [1.807, 2.05) is 60.7 Å². The van der Waals surface area contributed by atoms with Crippen LogP contribution in [0, 0.1) is 0 Å². The first-order valence-corrected chi connectivity index (χ1v) is 9.68. The van der Waals surface area contributed by atoms with Gasteiger partial charge in [-0.25, -0.2) is 0 Å². The van der Waals surface area contributed by atoms with Gasteiger partial charge in [-0.1, -0.05) is 60.7 Å². The number of aromatic nitrogens is 2. The monoisotopic (exact) mass is 403 g/mol. The summed E-state index contributed by atoms with van der Waals surface area (Å²) in [5.41, 5.74) is 7.06. The number of nitrogens with one attached hydrogen (secondary N) is 3. The summed E-state index contributed by atoms with van der Waals surface area (Å²) in [5, 5.41) is 7.14. The molecule has 1 saturated carbocycles. The Morgan fingerprint density at radius 2 is 1.57 bits per heavy atom. The highest BCUT2D eigenvalue weighted by atomic mass is 16.2. The third-order valence-electron chi connectivity index (χ3n) is 4.65. The summed E-state index contributed by atoms with van der Waals surface area (Å²) >= 11 is 0. The minimum absolute atomic E-state index is 0.0554. The van der Waals surface area contributed by atoms with Crippen LogP contribution in [0.25, 0.3) is 11.3 Å². The molecule has 4 rings (SSSR count). The van der Waals surface area contributed by atoms with Gasteiger partial charge in [0.05, 0.1) is 12.1 Å². The van der Waals surface area contributed by atoms with E-state index in [9.17, 15) is 14.4 Å². The van der Waals surface area contributed by atoms with Gasteiger partial charge in [0, 0.05) is 17.8 Å². The Kier molecular flexibility index (Phi) is 5.56. The predicted molar refractivity (Wildman–Crippen MR) is 110 cm³/mol. The molecule has 0 atom stereocenters. The van der Waals surface area contributed by atoms with Gasteiger partial charge in [-0.2, -0.15) is 5.10 Å². The zero-order valence-electron chi connectivity index (χ0n) is 16.2. The van der Waals surface area contributed by atoms with E-state index in [0.717, 1.165) is 24.0 Å². The van der Waals surface area contributed by atoms with E-state index in [0.29, 0.717) is 17.8 Å². The fourth-order valence-electron chi connectivity index (χ4n) is 2.96. The average molecular weight is 403 g/mol. The lowest BCUT2D eigenvalue weighted by Gasteiger charge is -2.07. The Morgan fingerprint density at radius 3 is 2.23 bits per heavy atom. The van der Waals surface area contributed by atoms with E-state index in [2.05, 4.69) is 21.3 Å².